The van der Waals surface area contributed by atoms with Gasteiger partial charge in [-0.15, -0.1) is 0 Å². The molecule has 4 amide bonds. The number of esters is 1. The van der Waals surface area contributed by atoms with Crippen molar-refractivity contribution >= 4 is 89.3 Å². The number of pyridine rings is 2. The standard InChI is InChI=1S/C52H56N8O8S.C51H54N8O8S/c1-35-29-41(68-28-14-21-46(61)54-25-24-53)30-36(2)48(35)69(65,66)58-44(50(64)67-4)33-56-49(63)43-34-59(3)45-31-37(22-23-42(45)47(43)62)32-57-51-55-26-27-60(51)52(38-15-8-5-9-16-38,39-17-10-6-11-18-39)40-19-12-7-13-20-40;1-34-28-40(67-27-13-20-45(60)53-24-23-52)29-35(2)47(34)68(65,66)57-43(49(63)64)32-55-48(62)42-33-58(3)44-30-36(21-22-41(44)46(42)61)31-56-50-54-25-26-59(50)51(37-14-7-4-8-15-37,38-16-9-5-10-17-38)39-18-11-6-12-19-39/h5-13,15-20,22-23,26-27,29-31,34,44,58H,14,21,24-25,28,32-33,53H2,1-4H3,(H,54,61)(H,55,57)(H,56,63);4-12,14-19,21-22,25-26,28-30,33,43,57H,13,20,23-24,27,31-32,52H2,1-3H3,(H,53,60)(H,54,56)(H,55,62)(H,63,64)/t44-;43-/m00/s1. The van der Waals surface area contributed by atoms with Gasteiger partial charge in [0.2, 0.25) is 54.6 Å². The molecule has 0 fully saturated rings. The second-order valence-electron chi connectivity index (χ2n) is 32.8. The van der Waals surface area contributed by atoms with Crippen LogP contribution in [-0.2, 0) is 82.2 Å². The first-order valence-corrected chi connectivity index (χ1v) is 47.5. The number of benzene rings is 10. The number of amides is 4. The second-order valence-corrected chi connectivity index (χ2v) is 36.1. The van der Waals surface area contributed by atoms with Crippen LogP contribution in [0.4, 0.5) is 11.9 Å². The Morgan fingerprint density at radius 1 is 0.445 bits per heavy atom. The maximum atomic E-state index is 13.9. The Morgan fingerprint density at radius 2 is 0.766 bits per heavy atom. The van der Waals surface area contributed by atoms with E-state index in [1.807, 2.05) is 134 Å². The molecule has 32 nitrogen and oxygen atoms in total. The molecule has 34 heteroatoms. The monoisotopic (exact) mass is 1890 g/mol. The minimum Gasteiger partial charge on any atom is -0.494 e. The lowest BCUT2D eigenvalue weighted by molar-refractivity contribution is -0.142. The number of fused-ring (bicyclic) bond motifs is 2. The van der Waals surface area contributed by atoms with Gasteiger partial charge in [0.25, 0.3) is 11.8 Å². The van der Waals surface area contributed by atoms with Crippen LogP contribution in [0, 0.1) is 27.7 Å². The summed E-state index contributed by atoms with van der Waals surface area (Å²) in [4.78, 5) is 113. The number of sulfonamides is 2. The van der Waals surface area contributed by atoms with Gasteiger partial charge in [0, 0.05) is 127 Å². The fourth-order valence-electron chi connectivity index (χ4n) is 17.1. The maximum absolute atomic E-state index is 13.9. The largest absolute Gasteiger partial charge is 0.494 e. The lowest BCUT2D eigenvalue weighted by Crippen LogP contribution is -2.49. The van der Waals surface area contributed by atoms with Crippen LogP contribution in [0.15, 0.2) is 299 Å². The molecule has 0 radical (unpaired) electrons. The number of aliphatic carboxylic acids is 1. The van der Waals surface area contributed by atoms with Crippen LogP contribution in [0.1, 0.15) is 113 Å². The first-order valence-electron chi connectivity index (χ1n) is 44.5. The second kappa shape index (κ2) is 45.2. The Balaban J connectivity index is 0.000000232. The van der Waals surface area contributed by atoms with Gasteiger partial charge in [-0.1, -0.05) is 194 Å². The summed E-state index contributed by atoms with van der Waals surface area (Å²) < 4.78 is 83.4. The summed E-state index contributed by atoms with van der Waals surface area (Å²) in [5, 5.41) is 28.0. The van der Waals surface area contributed by atoms with Crippen molar-refractivity contribution < 1.29 is 64.9 Å². The molecule has 0 saturated carbocycles. The van der Waals surface area contributed by atoms with E-state index in [2.05, 4.69) is 123 Å². The van der Waals surface area contributed by atoms with Gasteiger partial charge in [0.05, 0.1) is 41.1 Å². The number of nitrogens with one attached hydrogen (secondary N) is 8. The summed E-state index contributed by atoms with van der Waals surface area (Å²) in [5.74, 6) is -2.48. The van der Waals surface area contributed by atoms with Crippen molar-refractivity contribution in [3.63, 3.8) is 0 Å². The molecule has 13 N–H and O–H groups in total. The first kappa shape index (κ1) is 99.3. The van der Waals surface area contributed by atoms with E-state index in [0.29, 0.717) is 109 Å². The number of aromatic nitrogens is 6. The molecule has 0 aliphatic carbocycles. The summed E-state index contributed by atoms with van der Waals surface area (Å²) >= 11 is 0. The molecule has 710 valence electrons. The van der Waals surface area contributed by atoms with Crippen LogP contribution in [0.2, 0.25) is 0 Å². The Labute approximate surface area is 793 Å². The van der Waals surface area contributed by atoms with E-state index < -0.39 is 90.9 Å². The van der Waals surface area contributed by atoms with Crippen molar-refractivity contribution in [3.05, 3.63) is 378 Å². The van der Waals surface area contributed by atoms with E-state index in [-0.39, 0.29) is 69.6 Å². The maximum Gasteiger partial charge on any atom is 0.325 e. The van der Waals surface area contributed by atoms with Gasteiger partial charge in [-0.3, -0.25) is 47.5 Å². The van der Waals surface area contributed by atoms with Crippen molar-refractivity contribution in [1.29, 1.82) is 0 Å². The number of ether oxygens (including phenoxy) is 3. The summed E-state index contributed by atoms with van der Waals surface area (Å²) in [5.41, 5.74) is 17.9. The van der Waals surface area contributed by atoms with E-state index in [0.717, 1.165) is 51.6 Å². The molecule has 0 spiro atoms. The van der Waals surface area contributed by atoms with Gasteiger partial charge in [0.1, 0.15) is 45.8 Å². The molecular weight excluding hydrogens is 1780 g/mol. The highest BCUT2D eigenvalue weighted by Gasteiger charge is 2.42. The van der Waals surface area contributed by atoms with Gasteiger partial charge < -0.3 is 71.8 Å². The lowest BCUT2D eigenvalue weighted by atomic mass is 9.76. The highest BCUT2D eigenvalue weighted by molar-refractivity contribution is 7.90. The molecule has 14 aromatic rings. The van der Waals surface area contributed by atoms with Crippen LogP contribution in [0.5, 0.6) is 11.5 Å². The molecule has 4 heterocycles. The highest BCUT2D eigenvalue weighted by atomic mass is 32.2. The van der Waals surface area contributed by atoms with Crippen LogP contribution in [0.25, 0.3) is 21.8 Å². The molecule has 137 heavy (non-hydrogen) atoms. The van der Waals surface area contributed by atoms with E-state index in [1.165, 1.54) is 24.5 Å². The minimum atomic E-state index is -4.43. The molecule has 2 atom stereocenters. The molecule has 0 saturated heterocycles. The zero-order valence-corrected chi connectivity index (χ0v) is 78.5. The van der Waals surface area contributed by atoms with Crippen LogP contribution < -0.4 is 73.1 Å². The number of carbonyl (C=O) groups is 6. The quantitative estimate of drug-likeness (QED) is 0.00962. The summed E-state index contributed by atoms with van der Waals surface area (Å²) in [6.45, 7) is 7.62. The predicted molar refractivity (Wildman–Crippen MR) is 525 cm³/mol. The summed E-state index contributed by atoms with van der Waals surface area (Å²) in [7, 11) is -4.29. The van der Waals surface area contributed by atoms with Crippen molar-refractivity contribution in [2.45, 2.75) is 99.4 Å². The molecule has 0 aliphatic rings. The molecule has 14 rings (SSSR count). The predicted octanol–water partition coefficient (Wildman–Crippen LogP) is 10.5. The number of carbonyl (C=O) groups excluding carboxylic acids is 5. The van der Waals surface area contributed by atoms with Gasteiger partial charge in [-0.25, -0.2) is 26.8 Å². The van der Waals surface area contributed by atoms with Crippen molar-refractivity contribution in [1.82, 2.24) is 58.9 Å². The molecular formula is C103H110N16O16S2. The van der Waals surface area contributed by atoms with Gasteiger partial charge in [-0.05, 0) is 156 Å². The number of carboxylic acids is 1. The number of nitrogens with two attached hydrogens (primary N) is 2. The van der Waals surface area contributed by atoms with Gasteiger partial charge in [0.15, 0.2) is 0 Å². The number of anilines is 2. The number of nitrogens with zero attached hydrogens (tertiary/aromatic N) is 6. The highest BCUT2D eigenvalue weighted by Crippen LogP contribution is 2.45. The average Bonchev–Trinajstić information content (AvgIpc) is 1.72. The topological polar surface area (TPSA) is 447 Å². The summed E-state index contributed by atoms with van der Waals surface area (Å²) in [6.07, 6.45) is 11.5. The van der Waals surface area contributed by atoms with E-state index >= 15 is 0 Å². The Hall–Kier alpha value is -15.2. The van der Waals surface area contributed by atoms with Crippen LogP contribution in [0.3, 0.4) is 0 Å². The third kappa shape index (κ3) is 22.9. The van der Waals surface area contributed by atoms with E-state index in [1.54, 1.807) is 99.7 Å². The van der Waals surface area contributed by atoms with Gasteiger partial charge in [-0.2, -0.15) is 9.44 Å². The normalized spacial score (nSPS) is 12.0. The molecule has 0 aliphatic heterocycles. The van der Waals surface area contributed by atoms with Crippen LogP contribution >= 0.6 is 0 Å². The number of aryl methyl sites for hydroxylation is 6. The Kier molecular flexibility index (Phi) is 32.8. The zero-order chi connectivity index (χ0) is 97.6. The minimum absolute atomic E-state index is 0.0842. The molecule has 0 bridgehead atoms. The van der Waals surface area contributed by atoms with Gasteiger partial charge >= 0.3 is 11.9 Å². The molecule has 10 aromatic carbocycles. The Bertz CT molecular complexity index is 6790. The van der Waals surface area contributed by atoms with Crippen molar-refractivity contribution in [2.75, 3.05) is 70.2 Å². The fraction of sp³-hybridized carbons (Fsp3) is 0.243. The smallest absolute Gasteiger partial charge is 0.325 e. The third-order valence-corrected chi connectivity index (χ3v) is 26.9. The number of carboxylic acid groups (broad SMARTS) is 1. The lowest BCUT2D eigenvalue weighted by Gasteiger charge is -2.38. The fourth-order valence-corrected chi connectivity index (χ4v) is 20.4. The third-order valence-electron chi connectivity index (χ3n) is 23.3. The molecule has 0 unspecified atom stereocenters. The van der Waals surface area contributed by atoms with E-state index in [4.69, 9.17) is 35.6 Å². The van der Waals surface area contributed by atoms with Crippen LogP contribution in [-0.4, -0.2) is 157 Å². The van der Waals surface area contributed by atoms with E-state index in [9.17, 15) is 60.3 Å². The van der Waals surface area contributed by atoms with Crippen molar-refractivity contribution in [3.8, 4) is 11.5 Å². The number of hydrogen-bond acceptors (Lipinski definition) is 21. The average molecular weight is 1890 g/mol. The number of hydrogen-bond donors (Lipinski definition) is 11. The first-order chi connectivity index (χ1) is 66.0. The zero-order valence-electron chi connectivity index (χ0n) is 76.8. The molecule has 4 aromatic heterocycles. The SMILES string of the molecule is COC(=O)[C@H](CNC(=O)c1cn(C)c2cc(CNc3nccn3C(c3ccccc3)(c3ccccc3)c3ccccc3)ccc2c1=O)NS(=O)(=O)c1c(C)cc(OCCCC(=O)NCCN)cc1C.Cc1cc(OCCCC(=O)NCCN)cc(C)c1S(=O)(=O)N[C@@H](CNC(=O)c1cn(C)c2cc(CNc3nccn3C(c3ccccc3)(c3ccccc3)c3ccccc3)ccc2c1=O)C(=O)O. The number of rotatable bonds is 42. The number of imidazole rings is 2. The van der Waals surface area contributed by atoms with Crippen molar-refractivity contribution in [2.24, 2.45) is 25.6 Å². The number of methoxy groups -OCH3 is 1. The summed E-state index contributed by atoms with van der Waals surface area (Å²) in [6, 6.07) is 75.0. The Morgan fingerprint density at radius 3 is 1.08 bits per heavy atom.